The number of nitrogens with one attached hydrogen (secondary N) is 1. The zero-order valence-corrected chi connectivity index (χ0v) is 8.28. The van der Waals surface area contributed by atoms with Crippen LogP contribution in [0.25, 0.3) is 0 Å². The molecule has 0 saturated heterocycles. The molecular weight excluding hydrogens is 178 g/mol. The maximum atomic E-state index is 5.62. The summed E-state index contributed by atoms with van der Waals surface area (Å²) in [5.74, 6) is 7.23. The first-order valence-electron chi connectivity index (χ1n) is 5.46. The minimum absolute atomic E-state index is 0.0914. The number of rotatable bonds is 0. The molecule has 0 amide bonds. The van der Waals surface area contributed by atoms with Gasteiger partial charge in [-0.25, -0.2) is 5.84 Å². The predicted molar refractivity (Wildman–Crippen MR) is 52.2 cm³/mol. The van der Waals surface area contributed by atoms with Gasteiger partial charge in [-0.1, -0.05) is 12.8 Å². The standard InChI is InChI=1S/C10H17N3O/c11-13-12-10(5-6-14-13)7-8-1-3-9(10)4-2-8/h5-6,8-9,12H,1-4,7,11H2. The van der Waals surface area contributed by atoms with Crippen LogP contribution in [0.2, 0.25) is 0 Å². The minimum atomic E-state index is 0.0914. The van der Waals surface area contributed by atoms with Gasteiger partial charge in [-0.3, -0.25) is 0 Å². The summed E-state index contributed by atoms with van der Waals surface area (Å²) < 4.78 is 0. The van der Waals surface area contributed by atoms with E-state index in [2.05, 4.69) is 11.5 Å². The summed E-state index contributed by atoms with van der Waals surface area (Å²) in [4.78, 5) is 5.03. The SMILES string of the molecule is NN1NC2(C=CO1)CC1CCC2CC1. The number of fused-ring (bicyclic) bond motifs is 2. The van der Waals surface area contributed by atoms with Crippen molar-refractivity contribution in [1.29, 1.82) is 0 Å². The smallest absolute Gasteiger partial charge is 0.113 e. The number of nitrogens with zero attached hydrogens (tertiary/aromatic N) is 1. The zero-order chi connectivity index (χ0) is 9.60. The van der Waals surface area contributed by atoms with Crippen molar-refractivity contribution >= 4 is 0 Å². The summed E-state index contributed by atoms with van der Waals surface area (Å²) in [5, 5.41) is 1.25. The highest BCUT2D eigenvalue weighted by Gasteiger charge is 2.47. The number of hydrogen-bond acceptors (Lipinski definition) is 4. The van der Waals surface area contributed by atoms with Crippen molar-refractivity contribution in [2.75, 3.05) is 0 Å². The van der Waals surface area contributed by atoms with E-state index in [9.17, 15) is 0 Å². The molecule has 3 fully saturated rings. The van der Waals surface area contributed by atoms with Crippen molar-refractivity contribution < 1.29 is 4.84 Å². The molecule has 4 nitrogen and oxygen atoms in total. The lowest BCUT2D eigenvalue weighted by molar-refractivity contribution is -0.197. The summed E-state index contributed by atoms with van der Waals surface area (Å²) in [6.45, 7) is 0. The second-order valence-corrected chi connectivity index (χ2v) is 4.81. The Bertz CT molecular complexity index is 260. The van der Waals surface area contributed by atoms with Crippen molar-refractivity contribution in [2.45, 2.75) is 37.6 Å². The summed E-state index contributed by atoms with van der Waals surface area (Å²) in [5.41, 5.74) is 3.36. The fourth-order valence-electron chi connectivity index (χ4n) is 3.35. The second-order valence-electron chi connectivity index (χ2n) is 4.81. The van der Waals surface area contributed by atoms with Gasteiger partial charge in [0.05, 0.1) is 5.54 Å². The Morgan fingerprint density at radius 1 is 1.36 bits per heavy atom. The maximum Gasteiger partial charge on any atom is 0.113 e. The van der Waals surface area contributed by atoms with E-state index in [0.29, 0.717) is 0 Å². The third kappa shape index (κ3) is 1.18. The first-order chi connectivity index (χ1) is 6.78. The Kier molecular flexibility index (Phi) is 1.84. The highest BCUT2D eigenvalue weighted by molar-refractivity contribution is 5.14. The molecule has 0 radical (unpaired) electrons. The first kappa shape index (κ1) is 8.71. The molecule has 3 aliphatic carbocycles. The third-order valence-electron chi connectivity index (χ3n) is 4.06. The van der Waals surface area contributed by atoms with E-state index < -0.39 is 0 Å². The van der Waals surface area contributed by atoms with Gasteiger partial charge >= 0.3 is 0 Å². The number of hydrogen-bond donors (Lipinski definition) is 2. The minimum Gasteiger partial charge on any atom is -0.384 e. The Morgan fingerprint density at radius 3 is 2.71 bits per heavy atom. The van der Waals surface area contributed by atoms with Gasteiger partial charge in [-0.2, -0.15) is 5.43 Å². The van der Waals surface area contributed by atoms with Gasteiger partial charge in [0.2, 0.25) is 0 Å². The van der Waals surface area contributed by atoms with Crippen LogP contribution in [0.3, 0.4) is 0 Å². The fraction of sp³-hybridized carbons (Fsp3) is 0.800. The molecule has 1 aliphatic heterocycles. The van der Waals surface area contributed by atoms with Crippen molar-refractivity contribution in [3.05, 3.63) is 12.3 Å². The van der Waals surface area contributed by atoms with Crippen molar-refractivity contribution in [1.82, 2.24) is 10.7 Å². The molecular formula is C10H17N3O. The van der Waals surface area contributed by atoms with Crippen LogP contribution in [0.5, 0.6) is 0 Å². The maximum absolute atomic E-state index is 5.62. The lowest BCUT2D eigenvalue weighted by Crippen LogP contribution is -2.64. The Labute approximate surface area is 84.0 Å². The van der Waals surface area contributed by atoms with Crippen LogP contribution in [0.1, 0.15) is 32.1 Å². The summed E-state index contributed by atoms with van der Waals surface area (Å²) in [7, 11) is 0. The third-order valence-corrected chi connectivity index (χ3v) is 4.06. The zero-order valence-electron chi connectivity index (χ0n) is 8.28. The molecule has 4 rings (SSSR count). The van der Waals surface area contributed by atoms with Crippen LogP contribution < -0.4 is 11.3 Å². The molecule has 1 unspecified atom stereocenters. The Morgan fingerprint density at radius 2 is 2.14 bits per heavy atom. The topological polar surface area (TPSA) is 50.5 Å². The van der Waals surface area contributed by atoms with Gasteiger partial charge in [0.25, 0.3) is 0 Å². The van der Waals surface area contributed by atoms with E-state index in [1.165, 1.54) is 37.4 Å². The summed E-state index contributed by atoms with van der Waals surface area (Å²) >= 11 is 0. The molecule has 2 bridgehead atoms. The van der Waals surface area contributed by atoms with Crippen LogP contribution in [0, 0.1) is 11.8 Å². The van der Waals surface area contributed by atoms with Gasteiger partial charge in [0, 0.05) is 0 Å². The molecule has 3 N–H and O–H groups in total. The largest absolute Gasteiger partial charge is 0.384 e. The van der Waals surface area contributed by atoms with Crippen LogP contribution in [-0.2, 0) is 4.84 Å². The molecule has 78 valence electrons. The van der Waals surface area contributed by atoms with E-state index >= 15 is 0 Å². The van der Waals surface area contributed by atoms with E-state index in [0.717, 1.165) is 11.8 Å². The van der Waals surface area contributed by atoms with E-state index in [1.54, 1.807) is 6.26 Å². The van der Waals surface area contributed by atoms with Crippen molar-refractivity contribution in [2.24, 2.45) is 17.7 Å². The van der Waals surface area contributed by atoms with Crippen molar-refractivity contribution in [3.63, 3.8) is 0 Å². The van der Waals surface area contributed by atoms with Crippen molar-refractivity contribution in [3.8, 4) is 0 Å². The molecule has 0 aromatic carbocycles. The molecule has 1 spiro atoms. The molecule has 0 aromatic rings. The van der Waals surface area contributed by atoms with E-state index in [4.69, 9.17) is 10.7 Å². The second kappa shape index (κ2) is 2.95. The molecule has 3 saturated carbocycles. The van der Waals surface area contributed by atoms with Gasteiger partial charge in [0.15, 0.2) is 0 Å². The summed E-state index contributed by atoms with van der Waals surface area (Å²) in [6.07, 6.45) is 10.5. The Balaban J connectivity index is 1.88. The number of hydrazine groups is 2. The molecule has 0 aromatic heterocycles. The van der Waals surface area contributed by atoms with Crippen LogP contribution >= 0.6 is 0 Å². The molecule has 4 heteroatoms. The van der Waals surface area contributed by atoms with Gasteiger partial charge < -0.3 is 4.84 Å². The lowest BCUT2D eigenvalue weighted by atomic mass is 9.60. The average Bonchev–Trinajstić information content (AvgIpc) is 2.18. The van der Waals surface area contributed by atoms with E-state index in [1.807, 2.05) is 0 Å². The summed E-state index contributed by atoms with van der Waals surface area (Å²) in [6, 6.07) is 0. The van der Waals surface area contributed by atoms with Gasteiger partial charge in [-0.05, 0) is 42.5 Å². The lowest BCUT2D eigenvalue weighted by Gasteiger charge is -2.52. The number of nitrogens with two attached hydrogens (primary N) is 1. The fourth-order valence-corrected chi connectivity index (χ4v) is 3.35. The molecule has 4 aliphatic rings. The van der Waals surface area contributed by atoms with Gasteiger partial charge in [0.1, 0.15) is 6.26 Å². The van der Waals surface area contributed by atoms with Gasteiger partial charge in [-0.15, -0.1) is 0 Å². The quantitative estimate of drug-likeness (QED) is 0.568. The average molecular weight is 195 g/mol. The van der Waals surface area contributed by atoms with Crippen LogP contribution in [0.15, 0.2) is 12.3 Å². The van der Waals surface area contributed by atoms with Crippen LogP contribution in [0.4, 0.5) is 0 Å². The van der Waals surface area contributed by atoms with E-state index in [-0.39, 0.29) is 5.54 Å². The molecule has 1 atom stereocenters. The molecule has 1 heterocycles. The first-order valence-corrected chi connectivity index (χ1v) is 5.46. The molecule has 14 heavy (non-hydrogen) atoms. The predicted octanol–water partition coefficient (Wildman–Crippen LogP) is 1.07. The monoisotopic (exact) mass is 195 g/mol. The highest BCUT2D eigenvalue weighted by atomic mass is 16.7. The van der Waals surface area contributed by atoms with Crippen LogP contribution in [-0.4, -0.2) is 10.8 Å². The normalized spacial score (nSPS) is 46.9. The Hall–Kier alpha value is -0.580. The highest BCUT2D eigenvalue weighted by Crippen LogP contribution is 2.48.